The minimum Gasteiger partial charge on any atom is -0.333 e. The summed E-state index contributed by atoms with van der Waals surface area (Å²) in [5.74, 6) is 0.660. The molecule has 0 radical (unpaired) electrons. The predicted octanol–water partition coefficient (Wildman–Crippen LogP) is 3.76. The van der Waals surface area contributed by atoms with Crippen molar-refractivity contribution >= 4 is 40.0 Å². The van der Waals surface area contributed by atoms with Gasteiger partial charge in [-0.05, 0) is 45.9 Å². The van der Waals surface area contributed by atoms with Crippen molar-refractivity contribution in [3.8, 4) is 0 Å². The van der Waals surface area contributed by atoms with E-state index in [4.69, 9.17) is 23.2 Å². The summed E-state index contributed by atoms with van der Waals surface area (Å²) in [5, 5.41) is 1.01. The zero-order valence-electron chi connectivity index (χ0n) is 15.1. The maximum absolute atomic E-state index is 12.9. The standard InChI is InChI=1S/C18H23Cl2N3O2/c1-6-23(17(25)18(3,4)10-19)11(2)15-21-14-9-12(20)7-8-13(14)16(24)22(15)5/h7-9,11H,6,10H2,1-5H3. The van der Waals surface area contributed by atoms with E-state index >= 15 is 0 Å². The molecule has 1 amide bonds. The Morgan fingerprint density at radius 3 is 2.60 bits per heavy atom. The van der Waals surface area contributed by atoms with Crippen molar-refractivity contribution in [1.82, 2.24) is 14.5 Å². The molecular weight excluding hydrogens is 361 g/mol. The number of hydrogen-bond acceptors (Lipinski definition) is 3. The van der Waals surface area contributed by atoms with Gasteiger partial charge < -0.3 is 4.90 Å². The van der Waals surface area contributed by atoms with E-state index in [1.165, 1.54) is 4.57 Å². The van der Waals surface area contributed by atoms with Crippen LogP contribution in [0.25, 0.3) is 10.9 Å². The summed E-state index contributed by atoms with van der Waals surface area (Å²) in [6, 6.07) is 4.62. The zero-order chi connectivity index (χ0) is 18.9. The summed E-state index contributed by atoms with van der Waals surface area (Å²) in [6.45, 7) is 7.87. The van der Waals surface area contributed by atoms with Crippen LogP contribution in [0.15, 0.2) is 23.0 Å². The average Bonchev–Trinajstić information content (AvgIpc) is 2.58. The Bertz CT molecular complexity index is 861. The number of carbonyl (C=O) groups excluding carboxylic acids is 1. The molecule has 0 fully saturated rings. The topological polar surface area (TPSA) is 55.2 Å². The van der Waals surface area contributed by atoms with Gasteiger partial charge in [0.2, 0.25) is 5.91 Å². The highest BCUT2D eigenvalue weighted by molar-refractivity contribution is 6.31. The van der Waals surface area contributed by atoms with Gasteiger partial charge in [0.1, 0.15) is 5.82 Å². The van der Waals surface area contributed by atoms with Crippen LogP contribution in [0, 0.1) is 5.41 Å². The first-order valence-electron chi connectivity index (χ1n) is 8.17. The van der Waals surface area contributed by atoms with Crippen LogP contribution >= 0.6 is 23.2 Å². The van der Waals surface area contributed by atoms with Gasteiger partial charge in [0.15, 0.2) is 0 Å². The number of fused-ring (bicyclic) bond motifs is 1. The van der Waals surface area contributed by atoms with Crippen molar-refractivity contribution in [3.05, 3.63) is 39.4 Å². The van der Waals surface area contributed by atoms with E-state index in [-0.39, 0.29) is 23.4 Å². The minimum absolute atomic E-state index is 0.0714. The van der Waals surface area contributed by atoms with Gasteiger partial charge in [-0.15, -0.1) is 11.6 Å². The maximum Gasteiger partial charge on any atom is 0.261 e. The van der Waals surface area contributed by atoms with Crippen molar-refractivity contribution in [2.45, 2.75) is 33.7 Å². The zero-order valence-corrected chi connectivity index (χ0v) is 16.6. The van der Waals surface area contributed by atoms with Crippen LogP contribution in [0.4, 0.5) is 0 Å². The molecule has 0 spiro atoms. The van der Waals surface area contributed by atoms with Gasteiger partial charge in [-0.25, -0.2) is 4.98 Å². The molecular formula is C18H23Cl2N3O2. The smallest absolute Gasteiger partial charge is 0.261 e. The fourth-order valence-electron chi connectivity index (χ4n) is 2.81. The fourth-order valence-corrected chi connectivity index (χ4v) is 3.09. The van der Waals surface area contributed by atoms with Crippen LogP contribution in [0.3, 0.4) is 0 Å². The number of alkyl halides is 1. The molecule has 0 saturated carbocycles. The highest BCUT2D eigenvalue weighted by atomic mass is 35.5. The van der Waals surface area contributed by atoms with Crippen molar-refractivity contribution in [1.29, 1.82) is 0 Å². The van der Waals surface area contributed by atoms with Crippen molar-refractivity contribution < 1.29 is 4.79 Å². The molecule has 1 aromatic carbocycles. The average molecular weight is 384 g/mol. The third-order valence-corrected chi connectivity index (χ3v) is 5.33. The van der Waals surface area contributed by atoms with Gasteiger partial charge in [-0.2, -0.15) is 0 Å². The Morgan fingerprint density at radius 1 is 1.40 bits per heavy atom. The summed E-state index contributed by atoms with van der Waals surface area (Å²) >= 11 is 12.0. The van der Waals surface area contributed by atoms with E-state index in [1.54, 1.807) is 30.1 Å². The molecule has 0 bridgehead atoms. The van der Waals surface area contributed by atoms with E-state index in [0.29, 0.717) is 28.3 Å². The molecule has 1 heterocycles. The Kier molecular flexibility index (Phi) is 5.79. The molecule has 7 heteroatoms. The highest BCUT2D eigenvalue weighted by Gasteiger charge is 2.34. The summed E-state index contributed by atoms with van der Waals surface area (Å²) in [7, 11) is 1.67. The molecule has 0 aliphatic rings. The Hall–Kier alpha value is -1.59. The molecule has 25 heavy (non-hydrogen) atoms. The lowest BCUT2D eigenvalue weighted by molar-refractivity contribution is -0.141. The largest absolute Gasteiger partial charge is 0.333 e. The van der Waals surface area contributed by atoms with Gasteiger partial charge in [0.25, 0.3) is 5.56 Å². The lowest BCUT2D eigenvalue weighted by Crippen LogP contribution is -2.44. The van der Waals surface area contributed by atoms with Gasteiger partial charge in [0, 0.05) is 24.5 Å². The van der Waals surface area contributed by atoms with E-state index < -0.39 is 5.41 Å². The summed E-state index contributed by atoms with van der Waals surface area (Å²) in [4.78, 5) is 31.8. The number of halogens is 2. The predicted molar refractivity (Wildman–Crippen MR) is 102 cm³/mol. The summed E-state index contributed by atoms with van der Waals surface area (Å²) in [5.41, 5.74) is -0.327. The number of carbonyl (C=O) groups is 1. The molecule has 2 aromatic rings. The van der Waals surface area contributed by atoms with Gasteiger partial charge in [-0.1, -0.05) is 11.6 Å². The van der Waals surface area contributed by atoms with Gasteiger partial charge in [0.05, 0.1) is 22.4 Å². The van der Waals surface area contributed by atoms with Crippen LogP contribution in [-0.4, -0.2) is 32.8 Å². The van der Waals surface area contributed by atoms with Crippen molar-refractivity contribution in [3.63, 3.8) is 0 Å². The van der Waals surface area contributed by atoms with Crippen molar-refractivity contribution in [2.75, 3.05) is 12.4 Å². The first-order chi connectivity index (χ1) is 11.6. The first-order valence-corrected chi connectivity index (χ1v) is 9.08. The van der Waals surface area contributed by atoms with Crippen LogP contribution < -0.4 is 5.56 Å². The van der Waals surface area contributed by atoms with E-state index in [9.17, 15) is 9.59 Å². The number of hydrogen-bond donors (Lipinski definition) is 0. The fraction of sp³-hybridized carbons (Fsp3) is 0.500. The third-order valence-electron chi connectivity index (χ3n) is 4.43. The van der Waals surface area contributed by atoms with Gasteiger partial charge >= 0.3 is 0 Å². The number of rotatable bonds is 5. The SMILES string of the molecule is CCN(C(=O)C(C)(C)CCl)C(C)c1nc2cc(Cl)ccc2c(=O)n1C. The van der Waals surface area contributed by atoms with Gasteiger partial charge in [-0.3, -0.25) is 14.2 Å². The molecule has 0 N–H and O–H groups in total. The van der Waals surface area contributed by atoms with E-state index in [2.05, 4.69) is 4.98 Å². The second kappa shape index (κ2) is 7.34. The Morgan fingerprint density at radius 2 is 2.04 bits per heavy atom. The molecule has 2 rings (SSSR count). The monoisotopic (exact) mass is 383 g/mol. The summed E-state index contributed by atoms with van der Waals surface area (Å²) in [6.07, 6.45) is 0. The van der Waals surface area contributed by atoms with E-state index in [0.717, 1.165) is 0 Å². The quantitative estimate of drug-likeness (QED) is 0.738. The lowest BCUT2D eigenvalue weighted by atomic mass is 9.93. The van der Waals surface area contributed by atoms with Crippen LogP contribution in [0.1, 0.15) is 39.6 Å². The number of aromatic nitrogens is 2. The molecule has 0 saturated heterocycles. The van der Waals surface area contributed by atoms with E-state index in [1.807, 2.05) is 27.7 Å². The van der Waals surface area contributed by atoms with Crippen LogP contribution in [0.2, 0.25) is 5.02 Å². The first kappa shape index (κ1) is 19.7. The molecule has 0 aliphatic carbocycles. The molecule has 0 aliphatic heterocycles. The van der Waals surface area contributed by atoms with Crippen molar-refractivity contribution in [2.24, 2.45) is 12.5 Å². The Labute approximate surface area is 157 Å². The van der Waals surface area contributed by atoms with Crippen LogP contribution in [-0.2, 0) is 11.8 Å². The molecule has 136 valence electrons. The number of nitrogens with zero attached hydrogens (tertiary/aromatic N) is 3. The molecule has 1 atom stereocenters. The molecule has 1 unspecified atom stereocenters. The number of amides is 1. The maximum atomic E-state index is 12.9. The Balaban J connectivity index is 2.57. The summed E-state index contributed by atoms with van der Waals surface area (Å²) < 4.78 is 1.49. The third kappa shape index (κ3) is 3.67. The highest BCUT2D eigenvalue weighted by Crippen LogP contribution is 2.27. The van der Waals surface area contributed by atoms with Crippen LogP contribution in [0.5, 0.6) is 0 Å². The second-order valence-corrected chi connectivity index (χ2v) is 7.48. The molecule has 5 nitrogen and oxygen atoms in total. The minimum atomic E-state index is -0.690. The number of benzene rings is 1. The second-order valence-electron chi connectivity index (χ2n) is 6.78. The normalized spacial score (nSPS) is 13.1. The molecule has 1 aromatic heterocycles. The lowest BCUT2D eigenvalue weighted by Gasteiger charge is -2.34.